The van der Waals surface area contributed by atoms with Crippen molar-refractivity contribution in [3.63, 3.8) is 0 Å². The van der Waals surface area contributed by atoms with Gasteiger partial charge in [-0.15, -0.1) is 11.3 Å². The van der Waals surface area contributed by atoms with Gasteiger partial charge in [0.2, 0.25) is 5.91 Å². The molecule has 26 heavy (non-hydrogen) atoms. The summed E-state index contributed by atoms with van der Waals surface area (Å²) in [4.78, 5) is 26.4. The Morgan fingerprint density at radius 1 is 1.35 bits per heavy atom. The number of piperazine rings is 1. The highest BCUT2D eigenvalue weighted by atomic mass is 32.1. The molecule has 1 aliphatic rings. The second-order valence-corrected chi connectivity index (χ2v) is 7.63. The predicted octanol–water partition coefficient (Wildman–Crippen LogP) is 2.73. The van der Waals surface area contributed by atoms with Crippen LogP contribution in [0.3, 0.4) is 0 Å². The lowest BCUT2D eigenvalue weighted by molar-refractivity contribution is -0.130. The van der Waals surface area contributed by atoms with Crippen LogP contribution >= 0.6 is 11.3 Å². The molecule has 0 unspecified atom stereocenters. The van der Waals surface area contributed by atoms with Crippen LogP contribution in [0.5, 0.6) is 0 Å². The second-order valence-electron chi connectivity index (χ2n) is 6.65. The van der Waals surface area contributed by atoms with Crippen molar-refractivity contribution >= 4 is 29.1 Å². The Hall–Kier alpha value is -2.25. The lowest BCUT2D eigenvalue weighted by Crippen LogP contribution is -2.58. The van der Waals surface area contributed by atoms with Crippen LogP contribution in [0, 0.1) is 0 Å². The Labute approximate surface area is 157 Å². The van der Waals surface area contributed by atoms with Crippen LogP contribution in [0.2, 0.25) is 0 Å². The summed E-state index contributed by atoms with van der Waals surface area (Å²) in [5.41, 5.74) is 0. The van der Waals surface area contributed by atoms with Crippen molar-refractivity contribution < 1.29 is 9.90 Å². The lowest BCUT2D eigenvalue weighted by atomic mass is 10.1. The number of aromatic nitrogens is 2. The number of hydrogen-bond acceptors (Lipinski definition) is 6. The number of aliphatic hydroxyl groups is 1. The number of amides is 1. The molecule has 1 saturated heterocycles. The molecule has 2 aromatic rings. The predicted molar refractivity (Wildman–Crippen MR) is 104 cm³/mol. The van der Waals surface area contributed by atoms with Gasteiger partial charge >= 0.3 is 0 Å². The van der Waals surface area contributed by atoms with Crippen molar-refractivity contribution in [1.82, 2.24) is 14.9 Å². The van der Waals surface area contributed by atoms with Crippen molar-refractivity contribution in [2.75, 3.05) is 18.0 Å². The number of anilines is 1. The van der Waals surface area contributed by atoms with Crippen LogP contribution in [-0.2, 0) is 4.79 Å². The molecule has 3 heterocycles. The summed E-state index contributed by atoms with van der Waals surface area (Å²) in [6, 6.07) is 5.93. The number of carbonyl (C=O) groups excluding carboxylic acids is 1. The first-order valence-electron chi connectivity index (χ1n) is 8.75. The number of hydrogen-bond donors (Lipinski definition) is 1. The number of nitrogens with zero attached hydrogens (tertiary/aromatic N) is 4. The molecule has 7 heteroatoms. The molecule has 138 valence electrons. The van der Waals surface area contributed by atoms with E-state index in [0.29, 0.717) is 18.9 Å². The zero-order valence-corrected chi connectivity index (χ0v) is 16.1. The SMILES string of the molecule is C[C@@H]1CN(c2ccnc([C@@H](C)O)n2)C[C@H](C)N1C(=O)/C=C/c1cccs1. The summed E-state index contributed by atoms with van der Waals surface area (Å²) < 4.78 is 0. The summed E-state index contributed by atoms with van der Waals surface area (Å²) in [5.74, 6) is 1.24. The third-order valence-electron chi connectivity index (χ3n) is 4.46. The smallest absolute Gasteiger partial charge is 0.247 e. The van der Waals surface area contributed by atoms with E-state index in [1.807, 2.05) is 34.6 Å². The number of thiophene rings is 1. The Kier molecular flexibility index (Phi) is 5.68. The molecular weight excluding hydrogens is 348 g/mol. The molecule has 0 saturated carbocycles. The van der Waals surface area contributed by atoms with Crippen LogP contribution in [0.25, 0.3) is 6.08 Å². The van der Waals surface area contributed by atoms with Crippen molar-refractivity contribution in [3.05, 3.63) is 46.6 Å². The molecule has 1 fully saturated rings. The third-order valence-corrected chi connectivity index (χ3v) is 5.30. The van der Waals surface area contributed by atoms with E-state index in [0.717, 1.165) is 10.7 Å². The van der Waals surface area contributed by atoms with Gasteiger partial charge in [0.1, 0.15) is 11.9 Å². The first-order valence-corrected chi connectivity index (χ1v) is 9.63. The summed E-state index contributed by atoms with van der Waals surface area (Å²) in [7, 11) is 0. The summed E-state index contributed by atoms with van der Waals surface area (Å²) in [6.07, 6.45) is 4.50. The molecule has 0 aliphatic carbocycles. The van der Waals surface area contributed by atoms with Gasteiger partial charge in [-0.25, -0.2) is 9.97 Å². The minimum Gasteiger partial charge on any atom is -0.385 e. The van der Waals surface area contributed by atoms with Crippen LogP contribution in [0.4, 0.5) is 5.82 Å². The average Bonchev–Trinajstić information content (AvgIpc) is 3.13. The number of rotatable bonds is 4. The zero-order valence-electron chi connectivity index (χ0n) is 15.2. The van der Waals surface area contributed by atoms with Crippen molar-refractivity contribution in [2.24, 2.45) is 0 Å². The van der Waals surface area contributed by atoms with E-state index < -0.39 is 6.10 Å². The largest absolute Gasteiger partial charge is 0.385 e. The molecule has 1 aliphatic heterocycles. The standard InChI is InChI=1S/C19H24N4O2S/c1-13-11-22(17-8-9-20-19(21-17)15(3)24)12-14(2)23(13)18(25)7-6-16-5-4-10-26-16/h4-10,13-15,24H,11-12H2,1-3H3/b7-6+/t13-,14+,15-/m1/s1. The Morgan fingerprint density at radius 2 is 2.08 bits per heavy atom. The molecule has 3 atom stereocenters. The van der Waals surface area contributed by atoms with Crippen molar-refractivity contribution in [1.29, 1.82) is 0 Å². The van der Waals surface area contributed by atoms with E-state index >= 15 is 0 Å². The molecule has 0 spiro atoms. The van der Waals surface area contributed by atoms with E-state index in [9.17, 15) is 9.90 Å². The maximum atomic E-state index is 12.7. The first kappa shape index (κ1) is 18.5. The van der Waals surface area contributed by atoms with Crippen LogP contribution in [0.15, 0.2) is 35.9 Å². The van der Waals surface area contributed by atoms with E-state index in [4.69, 9.17) is 0 Å². The number of aliphatic hydroxyl groups excluding tert-OH is 1. The van der Waals surface area contributed by atoms with Crippen LogP contribution in [0.1, 0.15) is 37.6 Å². The molecule has 6 nitrogen and oxygen atoms in total. The van der Waals surface area contributed by atoms with Gasteiger partial charge in [-0.3, -0.25) is 4.79 Å². The fourth-order valence-electron chi connectivity index (χ4n) is 3.31. The molecule has 0 radical (unpaired) electrons. The van der Waals surface area contributed by atoms with E-state index in [1.165, 1.54) is 0 Å². The summed E-state index contributed by atoms with van der Waals surface area (Å²) in [6.45, 7) is 7.14. The highest BCUT2D eigenvalue weighted by Gasteiger charge is 2.32. The van der Waals surface area contributed by atoms with Gasteiger partial charge in [0, 0.05) is 42.3 Å². The molecule has 3 rings (SSSR count). The maximum absolute atomic E-state index is 12.7. The summed E-state index contributed by atoms with van der Waals surface area (Å²) >= 11 is 1.61. The Morgan fingerprint density at radius 3 is 2.69 bits per heavy atom. The first-order chi connectivity index (χ1) is 12.5. The minimum absolute atomic E-state index is 0.0328. The van der Waals surface area contributed by atoms with Gasteiger partial charge in [-0.05, 0) is 44.4 Å². The molecule has 0 aromatic carbocycles. The Balaban J connectivity index is 1.71. The number of carbonyl (C=O) groups is 1. The topological polar surface area (TPSA) is 69.6 Å². The highest BCUT2D eigenvalue weighted by Crippen LogP contribution is 2.22. The quantitative estimate of drug-likeness (QED) is 0.836. The maximum Gasteiger partial charge on any atom is 0.247 e. The van der Waals surface area contributed by atoms with E-state index in [2.05, 4.69) is 28.7 Å². The van der Waals surface area contributed by atoms with Crippen molar-refractivity contribution in [3.8, 4) is 0 Å². The van der Waals surface area contributed by atoms with Gasteiger partial charge in [-0.1, -0.05) is 6.07 Å². The van der Waals surface area contributed by atoms with Gasteiger partial charge in [-0.2, -0.15) is 0 Å². The average molecular weight is 372 g/mol. The molecule has 1 N–H and O–H groups in total. The third kappa shape index (κ3) is 4.11. The summed E-state index contributed by atoms with van der Waals surface area (Å²) in [5, 5.41) is 11.7. The van der Waals surface area contributed by atoms with E-state index in [-0.39, 0.29) is 18.0 Å². The fraction of sp³-hybridized carbons (Fsp3) is 0.421. The zero-order chi connectivity index (χ0) is 18.7. The molecular formula is C19H24N4O2S. The van der Waals surface area contributed by atoms with Gasteiger partial charge < -0.3 is 14.9 Å². The highest BCUT2D eigenvalue weighted by molar-refractivity contribution is 7.10. The normalized spacial score (nSPS) is 22.0. The monoisotopic (exact) mass is 372 g/mol. The van der Waals surface area contributed by atoms with Gasteiger partial charge in [0.15, 0.2) is 5.82 Å². The Bertz CT molecular complexity index is 764. The fourth-order valence-corrected chi connectivity index (χ4v) is 3.93. The van der Waals surface area contributed by atoms with Crippen LogP contribution < -0.4 is 4.90 Å². The van der Waals surface area contributed by atoms with Gasteiger partial charge in [0.05, 0.1) is 0 Å². The molecule has 2 aromatic heterocycles. The lowest BCUT2D eigenvalue weighted by Gasteiger charge is -2.44. The molecule has 1 amide bonds. The second kappa shape index (κ2) is 7.97. The minimum atomic E-state index is -0.699. The van der Waals surface area contributed by atoms with Gasteiger partial charge in [0.25, 0.3) is 0 Å². The van der Waals surface area contributed by atoms with Crippen LogP contribution in [-0.4, -0.2) is 51.1 Å². The van der Waals surface area contributed by atoms with E-state index in [1.54, 1.807) is 30.5 Å². The van der Waals surface area contributed by atoms with Crippen molar-refractivity contribution in [2.45, 2.75) is 39.0 Å². The molecule has 0 bridgehead atoms.